The molecule has 0 aromatic heterocycles. The summed E-state index contributed by atoms with van der Waals surface area (Å²) in [5, 5.41) is 20.2. The number of benzene rings is 2. The van der Waals surface area contributed by atoms with Crippen molar-refractivity contribution < 1.29 is 19.1 Å². The smallest absolute Gasteiger partial charge is 0.224 e. The Kier molecular flexibility index (Phi) is 9.65. The van der Waals surface area contributed by atoms with E-state index in [0.29, 0.717) is 41.3 Å². The molecule has 2 N–H and O–H groups in total. The lowest BCUT2D eigenvalue weighted by Gasteiger charge is -2.23. The lowest BCUT2D eigenvalue weighted by atomic mass is 9.85. The number of Topliss-reactive ketones (excluding diaryl/α,β-unsaturated/α-hetero) is 1. The van der Waals surface area contributed by atoms with Crippen LogP contribution in [0.3, 0.4) is 0 Å². The Morgan fingerprint density at radius 3 is 2.50 bits per heavy atom. The van der Waals surface area contributed by atoms with Gasteiger partial charge in [-0.25, -0.2) is 0 Å². The number of carbonyl (C=O) groups excluding carboxylic acids is 2. The van der Waals surface area contributed by atoms with Gasteiger partial charge in [0.25, 0.3) is 0 Å². The first-order valence-electron chi connectivity index (χ1n) is 11.6. The molecule has 1 aliphatic heterocycles. The van der Waals surface area contributed by atoms with E-state index in [9.17, 15) is 9.59 Å². The van der Waals surface area contributed by atoms with Gasteiger partial charge in [0, 0.05) is 35.8 Å². The number of amides is 1. The van der Waals surface area contributed by atoms with Gasteiger partial charge in [0.1, 0.15) is 23.4 Å². The minimum atomic E-state index is -0.283. The number of rotatable bonds is 9. The van der Waals surface area contributed by atoms with E-state index in [4.69, 9.17) is 20.1 Å². The van der Waals surface area contributed by atoms with Gasteiger partial charge in [0.05, 0.1) is 19.6 Å². The number of nitriles is 1. The average molecular weight is 557 g/mol. The zero-order valence-electron chi connectivity index (χ0n) is 21.4. The van der Waals surface area contributed by atoms with Crippen LogP contribution in [0.15, 0.2) is 30.3 Å². The zero-order chi connectivity index (χ0) is 25.8. The van der Waals surface area contributed by atoms with Gasteiger partial charge in [-0.15, -0.1) is 17.0 Å². The second-order valence-electron chi connectivity index (χ2n) is 9.44. The first-order valence-corrected chi connectivity index (χ1v) is 11.6. The Balaban J connectivity index is 0.00000456. The largest absolute Gasteiger partial charge is 0.494 e. The summed E-state index contributed by atoms with van der Waals surface area (Å²) in [5.41, 5.74) is 3.40. The van der Waals surface area contributed by atoms with E-state index in [1.807, 2.05) is 52.0 Å². The van der Waals surface area contributed by atoms with E-state index in [0.717, 1.165) is 11.1 Å². The normalized spacial score (nSPS) is 12.3. The highest BCUT2D eigenvalue weighted by Crippen LogP contribution is 2.34. The zero-order valence-corrected chi connectivity index (χ0v) is 23.1. The molecule has 0 bridgehead atoms. The van der Waals surface area contributed by atoms with Crippen LogP contribution in [0.25, 0.3) is 0 Å². The van der Waals surface area contributed by atoms with E-state index in [1.165, 1.54) is 0 Å². The molecule has 2 aromatic rings. The van der Waals surface area contributed by atoms with Crippen molar-refractivity contribution in [3.05, 3.63) is 58.1 Å². The SMILES string of the molecule is Br.CCOc1cc2c(cc1CC(=O)NC)C(=N)N(CC(=O)c1ccc(OCC#N)c(C(C)(C)C)c1)C2. The molecule has 0 aliphatic carbocycles. The van der Waals surface area contributed by atoms with Gasteiger partial charge in [-0.05, 0) is 48.2 Å². The monoisotopic (exact) mass is 556 g/mol. The number of hydrogen-bond donors (Lipinski definition) is 2. The first kappa shape index (κ1) is 28.9. The van der Waals surface area contributed by atoms with Gasteiger partial charge >= 0.3 is 0 Å². The van der Waals surface area contributed by atoms with Crippen molar-refractivity contribution in [3.8, 4) is 17.6 Å². The number of halogens is 1. The van der Waals surface area contributed by atoms with Gasteiger partial charge in [0.15, 0.2) is 12.4 Å². The van der Waals surface area contributed by atoms with Gasteiger partial charge < -0.3 is 19.7 Å². The molecular formula is C27H33BrN4O4. The highest BCUT2D eigenvalue weighted by molar-refractivity contribution is 8.93. The molecule has 0 spiro atoms. The van der Waals surface area contributed by atoms with Crippen LogP contribution in [0.1, 0.15) is 60.3 Å². The molecule has 2 aromatic carbocycles. The molecule has 0 atom stereocenters. The van der Waals surface area contributed by atoms with Gasteiger partial charge in [0.2, 0.25) is 5.91 Å². The molecule has 0 fully saturated rings. The summed E-state index contributed by atoms with van der Waals surface area (Å²) >= 11 is 0. The fourth-order valence-corrected chi connectivity index (χ4v) is 4.09. The van der Waals surface area contributed by atoms with Gasteiger partial charge in [-0.1, -0.05) is 20.8 Å². The van der Waals surface area contributed by atoms with Crippen molar-refractivity contribution in [3.63, 3.8) is 0 Å². The van der Waals surface area contributed by atoms with E-state index in [1.54, 1.807) is 24.1 Å². The topological polar surface area (TPSA) is 116 Å². The minimum absolute atomic E-state index is 0. The Hall–Kier alpha value is -3.38. The summed E-state index contributed by atoms with van der Waals surface area (Å²) < 4.78 is 11.3. The summed E-state index contributed by atoms with van der Waals surface area (Å²) in [4.78, 5) is 26.9. The number of amidine groups is 1. The molecule has 0 radical (unpaired) electrons. The molecule has 8 nitrogen and oxygen atoms in total. The minimum Gasteiger partial charge on any atom is -0.494 e. The highest BCUT2D eigenvalue weighted by atomic mass is 79.9. The summed E-state index contributed by atoms with van der Waals surface area (Å²) in [5.74, 6) is 1.21. The maximum atomic E-state index is 13.2. The van der Waals surface area contributed by atoms with Crippen molar-refractivity contribution in [2.75, 3.05) is 26.8 Å². The third-order valence-corrected chi connectivity index (χ3v) is 5.88. The van der Waals surface area contributed by atoms with E-state index >= 15 is 0 Å². The predicted octanol–water partition coefficient (Wildman–Crippen LogP) is 4.18. The fraction of sp³-hybridized carbons (Fsp3) is 0.407. The molecule has 0 unspecified atom stereocenters. The molecule has 1 heterocycles. The number of ether oxygens (including phenoxy) is 2. The van der Waals surface area contributed by atoms with Crippen LogP contribution in [0, 0.1) is 16.7 Å². The van der Waals surface area contributed by atoms with Crippen LogP contribution >= 0.6 is 17.0 Å². The van der Waals surface area contributed by atoms with Gasteiger partial charge in [-0.2, -0.15) is 5.26 Å². The number of nitrogens with one attached hydrogen (secondary N) is 2. The molecular weight excluding hydrogens is 524 g/mol. The Morgan fingerprint density at radius 1 is 1.17 bits per heavy atom. The third kappa shape index (κ3) is 6.43. The summed E-state index contributed by atoms with van der Waals surface area (Å²) in [6.45, 7) is 8.81. The number of ketones is 1. The molecule has 1 amide bonds. The molecule has 36 heavy (non-hydrogen) atoms. The lowest BCUT2D eigenvalue weighted by molar-refractivity contribution is -0.119. The van der Waals surface area contributed by atoms with Crippen LogP contribution in [-0.2, 0) is 23.2 Å². The van der Waals surface area contributed by atoms with Crippen molar-refractivity contribution >= 4 is 34.5 Å². The second kappa shape index (κ2) is 12.0. The molecule has 0 saturated carbocycles. The van der Waals surface area contributed by atoms with Crippen LogP contribution in [0.4, 0.5) is 0 Å². The standard InChI is InChI=1S/C27H32N4O4.BrH/c1-6-34-24-13-19-15-31(26(29)20(19)11-18(24)14-25(33)30-5)16-22(32)17-7-8-23(35-10-9-28)21(12-17)27(2,3)4;/h7-8,11-13,29H,6,10,14-16H2,1-5H3,(H,30,33);1H. The molecule has 9 heteroatoms. The highest BCUT2D eigenvalue weighted by Gasteiger charge is 2.29. The predicted molar refractivity (Wildman–Crippen MR) is 144 cm³/mol. The second-order valence-corrected chi connectivity index (χ2v) is 9.44. The molecule has 1 aliphatic rings. The van der Waals surface area contributed by atoms with Crippen LogP contribution < -0.4 is 14.8 Å². The summed E-state index contributed by atoms with van der Waals surface area (Å²) in [6, 6.07) is 10.9. The molecule has 3 rings (SSSR count). The number of carbonyl (C=O) groups is 2. The maximum absolute atomic E-state index is 13.2. The van der Waals surface area contributed by atoms with Crippen molar-refractivity contribution in [1.82, 2.24) is 10.2 Å². The number of nitrogens with zero attached hydrogens (tertiary/aromatic N) is 2. The fourth-order valence-electron chi connectivity index (χ4n) is 4.09. The average Bonchev–Trinajstić information content (AvgIpc) is 3.11. The van der Waals surface area contributed by atoms with Crippen molar-refractivity contribution in [2.24, 2.45) is 0 Å². The Labute approximate surface area is 222 Å². The van der Waals surface area contributed by atoms with Crippen LogP contribution in [-0.4, -0.2) is 49.2 Å². The van der Waals surface area contributed by atoms with Crippen LogP contribution in [0.2, 0.25) is 0 Å². The molecule has 192 valence electrons. The van der Waals surface area contributed by atoms with Crippen molar-refractivity contribution in [1.29, 1.82) is 10.7 Å². The van der Waals surface area contributed by atoms with E-state index in [-0.39, 0.29) is 59.5 Å². The van der Waals surface area contributed by atoms with E-state index in [2.05, 4.69) is 5.32 Å². The van der Waals surface area contributed by atoms with Gasteiger partial charge in [-0.3, -0.25) is 15.0 Å². The maximum Gasteiger partial charge on any atom is 0.224 e. The quantitative estimate of drug-likeness (QED) is 0.447. The molecule has 0 saturated heterocycles. The number of likely N-dealkylation sites (N-methyl/N-ethyl adjacent to an activating group) is 1. The van der Waals surface area contributed by atoms with Crippen LogP contribution in [0.5, 0.6) is 11.5 Å². The first-order chi connectivity index (χ1) is 16.6. The summed E-state index contributed by atoms with van der Waals surface area (Å²) in [7, 11) is 1.58. The Bertz CT molecular complexity index is 1200. The number of hydrogen-bond acceptors (Lipinski definition) is 6. The Morgan fingerprint density at radius 2 is 1.89 bits per heavy atom. The number of fused-ring (bicyclic) bond motifs is 1. The van der Waals surface area contributed by atoms with Crippen molar-refractivity contribution in [2.45, 2.75) is 46.1 Å². The van der Waals surface area contributed by atoms with E-state index < -0.39 is 0 Å². The third-order valence-electron chi connectivity index (χ3n) is 5.88. The lowest BCUT2D eigenvalue weighted by Crippen LogP contribution is -2.30. The summed E-state index contributed by atoms with van der Waals surface area (Å²) in [6.07, 6.45) is 0.154.